The van der Waals surface area contributed by atoms with Gasteiger partial charge in [0.25, 0.3) is 0 Å². The van der Waals surface area contributed by atoms with Crippen LogP contribution in [0.1, 0.15) is 113 Å². The molecule has 0 spiro atoms. The van der Waals surface area contributed by atoms with E-state index in [9.17, 15) is 9.59 Å². The lowest BCUT2D eigenvalue weighted by molar-refractivity contribution is -0.199. The fourth-order valence-electron chi connectivity index (χ4n) is 8.49. The number of rotatable bonds is 11. The Bertz CT molecular complexity index is 1010. The van der Waals surface area contributed by atoms with Gasteiger partial charge in [0.15, 0.2) is 5.96 Å². The van der Waals surface area contributed by atoms with E-state index in [-0.39, 0.29) is 52.2 Å². The van der Waals surface area contributed by atoms with Crippen LogP contribution in [0.4, 0.5) is 0 Å². The summed E-state index contributed by atoms with van der Waals surface area (Å²) in [5, 5.41) is 20.0. The van der Waals surface area contributed by atoms with Crippen molar-refractivity contribution in [3.05, 3.63) is 0 Å². The molecule has 5 rings (SSSR count). The maximum absolute atomic E-state index is 13.9. The predicted octanol–water partition coefficient (Wildman–Crippen LogP) is 4.65. The number of carbonyl (C=O) groups excluding carboxylic acids is 2. The van der Waals surface area contributed by atoms with Crippen LogP contribution >= 0.6 is 0 Å². The molecule has 1 heterocycles. The van der Waals surface area contributed by atoms with E-state index < -0.39 is 13.2 Å². The Labute approximate surface area is 261 Å². The first-order valence-corrected chi connectivity index (χ1v) is 17.0. The van der Waals surface area contributed by atoms with Crippen LogP contribution in [0, 0.1) is 45.8 Å². The molecule has 2 amide bonds. The summed E-state index contributed by atoms with van der Waals surface area (Å²) >= 11 is 0. The molecule has 43 heavy (non-hydrogen) atoms. The molecular formula is C33H60BN5O4. The largest absolute Gasteiger partial charge is 0.481 e. The van der Waals surface area contributed by atoms with Crippen molar-refractivity contribution in [3.63, 3.8) is 0 Å². The lowest BCUT2D eigenvalue weighted by Crippen LogP contribution is -2.65. The standard InChI is InChI=1S/C33H60BN5O4/c1-20(2)17-27(34-42-26-19-23-18-25(32(23,6)7)33(26,8)43-34)39-29(41)24(11-10-16-37-30(35)36-9)38-28(40)21-12-14-22(15-13-21)31(3,4)5/h20-27H,10-19H2,1-9H3,(H,38,40)(H,39,41)(H3,35,36,37)/t21?,22?,23-,24-,25-,26+,27-,33-/m0/s1. The van der Waals surface area contributed by atoms with Crippen LogP contribution in [-0.2, 0) is 18.9 Å². The summed E-state index contributed by atoms with van der Waals surface area (Å²) in [6, 6.07) is -0.654. The molecule has 1 aliphatic heterocycles. The van der Waals surface area contributed by atoms with E-state index in [1.807, 2.05) is 0 Å². The van der Waals surface area contributed by atoms with Gasteiger partial charge in [0.2, 0.25) is 11.8 Å². The zero-order chi connectivity index (χ0) is 31.7. The van der Waals surface area contributed by atoms with Gasteiger partial charge in [0.1, 0.15) is 6.04 Å². The zero-order valence-electron chi connectivity index (χ0n) is 28.4. The van der Waals surface area contributed by atoms with Gasteiger partial charge in [-0.2, -0.15) is 0 Å². The van der Waals surface area contributed by atoms with Crippen molar-refractivity contribution < 1.29 is 18.9 Å². The van der Waals surface area contributed by atoms with Crippen LogP contribution in [0.3, 0.4) is 0 Å². The molecule has 4 saturated carbocycles. The molecule has 244 valence electrons. The number of hydrogen-bond acceptors (Lipinski definition) is 5. The molecule has 1 saturated heterocycles. The summed E-state index contributed by atoms with van der Waals surface area (Å²) in [5.74, 6) is 1.75. The molecule has 5 aliphatic rings. The molecule has 9 nitrogen and oxygen atoms in total. The van der Waals surface area contributed by atoms with Crippen molar-refractivity contribution in [1.29, 1.82) is 5.41 Å². The SMILES string of the molecule is CNC(=N)NCCC[C@H](NC(=O)C1CCC(C(C)(C)C)CC1)C(=O)N[C@@H](CC(C)C)B1O[C@@H]2C[C@@H]3C[C@@H](C3(C)C)[C@]2(C)O1. The first kappa shape index (κ1) is 34.1. The maximum Gasteiger partial charge on any atom is 0.481 e. The van der Waals surface area contributed by atoms with Gasteiger partial charge in [-0.25, -0.2) is 0 Å². The fraction of sp³-hybridized carbons (Fsp3) is 0.909. The Morgan fingerprint density at radius 1 is 1.05 bits per heavy atom. The highest BCUT2D eigenvalue weighted by molar-refractivity contribution is 6.48. The number of carbonyl (C=O) groups is 2. The molecule has 0 unspecified atom stereocenters. The van der Waals surface area contributed by atoms with Crippen molar-refractivity contribution in [3.8, 4) is 0 Å². The van der Waals surface area contributed by atoms with E-state index in [1.54, 1.807) is 7.05 Å². The highest BCUT2D eigenvalue weighted by Gasteiger charge is 2.68. The third-order valence-corrected chi connectivity index (χ3v) is 11.5. The van der Waals surface area contributed by atoms with Crippen LogP contribution < -0.4 is 21.3 Å². The van der Waals surface area contributed by atoms with E-state index >= 15 is 0 Å². The molecule has 5 N–H and O–H groups in total. The van der Waals surface area contributed by atoms with Crippen LogP contribution in [0.2, 0.25) is 0 Å². The monoisotopic (exact) mass is 601 g/mol. The highest BCUT2D eigenvalue weighted by Crippen LogP contribution is 2.65. The van der Waals surface area contributed by atoms with Gasteiger partial charge in [-0.05, 0) is 99.2 Å². The summed E-state index contributed by atoms with van der Waals surface area (Å²) in [5.41, 5.74) is 0.156. The molecule has 0 radical (unpaired) electrons. The minimum Gasteiger partial charge on any atom is -0.404 e. The maximum atomic E-state index is 13.9. The molecule has 5 fully saturated rings. The topological polar surface area (TPSA) is 125 Å². The Morgan fingerprint density at radius 3 is 2.30 bits per heavy atom. The molecule has 10 heteroatoms. The first-order valence-electron chi connectivity index (χ1n) is 17.0. The Hall–Kier alpha value is -1.81. The van der Waals surface area contributed by atoms with Crippen LogP contribution in [0.25, 0.3) is 0 Å². The van der Waals surface area contributed by atoms with Crippen molar-refractivity contribution in [2.24, 2.45) is 40.4 Å². The number of guanidine groups is 1. The van der Waals surface area contributed by atoms with Crippen molar-refractivity contribution >= 4 is 24.9 Å². The molecular weight excluding hydrogens is 541 g/mol. The normalized spacial score (nSPS) is 32.7. The van der Waals surface area contributed by atoms with E-state index in [0.717, 1.165) is 38.5 Å². The van der Waals surface area contributed by atoms with Gasteiger partial charge in [0, 0.05) is 19.5 Å². The second kappa shape index (κ2) is 13.3. The summed E-state index contributed by atoms with van der Waals surface area (Å²) in [6.45, 7) is 18.6. The van der Waals surface area contributed by atoms with Gasteiger partial charge in [0.05, 0.1) is 17.6 Å². The lowest BCUT2D eigenvalue weighted by atomic mass is 9.43. The lowest BCUT2D eigenvalue weighted by Gasteiger charge is -2.64. The van der Waals surface area contributed by atoms with E-state index in [1.165, 1.54) is 6.42 Å². The van der Waals surface area contributed by atoms with E-state index in [2.05, 4.69) is 76.7 Å². The summed E-state index contributed by atoms with van der Waals surface area (Å²) in [6.07, 6.45) is 7.90. The Kier molecular flexibility index (Phi) is 10.5. The van der Waals surface area contributed by atoms with Crippen LogP contribution in [-0.4, -0.2) is 62.2 Å². The van der Waals surface area contributed by atoms with Crippen LogP contribution in [0.5, 0.6) is 0 Å². The minimum atomic E-state index is -0.654. The molecule has 0 aromatic carbocycles. The average molecular weight is 602 g/mol. The summed E-state index contributed by atoms with van der Waals surface area (Å²) in [7, 11) is 1.20. The number of nitrogens with one attached hydrogen (secondary N) is 5. The van der Waals surface area contributed by atoms with Gasteiger partial charge >= 0.3 is 7.12 Å². The number of hydrogen-bond donors (Lipinski definition) is 5. The third-order valence-electron chi connectivity index (χ3n) is 11.5. The summed E-state index contributed by atoms with van der Waals surface area (Å²) in [4.78, 5) is 27.4. The van der Waals surface area contributed by atoms with E-state index in [0.29, 0.717) is 43.1 Å². The van der Waals surface area contributed by atoms with E-state index in [4.69, 9.17) is 14.7 Å². The smallest absolute Gasteiger partial charge is 0.404 e. The summed E-state index contributed by atoms with van der Waals surface area (Å²) < 4.78 is 13.4. The van der Waals surface area contributed by atoms with Gasteiger partial charge < -0.3 is 30.6 Å². The predicted molar refractivity (Wildman–Crippen MR) is 172 cm³/mol. The Morgan fingerprint density at radius 2 is 1.72 bits per heavy atom. The molecule has 0 aromatic heterocycles. The molecule has 0 aromatic rings. The first-order chi connectivity index (χ1) is 20.1. The van der Waals surface area contributed by atoms with Gasteiger partial charge in [-0.15, -0.1) is 0 Å². The number of amides is 2. The molecule has 6 atom stereocenters. The molecule has 2 bridgehead atoms. The van der Waals surface area contributed by atoms with Gasteiger partial charge in [-0.3, -0.25) is 15.0 Å². The highest BCUT2D eigenvalue weighted by atomic mass is 16.7. The average Bonchev–Trinajstić information content (AvgIpc) is 3.30. The quantitative estimate of drug-likeness (QED) is 0.102. The molecule has 4 aliphatic carbocycles. The second-order valence-electron chi connectivity index (χ2n) is 16.3. The van der Waals surface area contributed by atoms with Gasteiger partial charge in [-0.1, -0.05) is 48.5 Å². The third kappa shape index (κ3) is 7.54. The fourth-order valence-corrected chi connectivity index (χ4v) is 8.49. The Balaban J connectivity index is 1.42. The second-order valence-corrected chi connectivity index (χ2v) is 16.3. The zero-order valence-corrected chi connectivity index (χ0v) is 28.4. The van der Waals surface area contributed by atoms with Crippen molar-refractivity contribution in [1.82, 2.24) is 21.3 Å². The van der Waals surface area contributed by atoms with Crippen molar-refractivity contribution in [2.75, 3.05) is 13.6 Å². The van der Waals surface area contributed by atoms with Crippen molar-refractivity contribution in [2.45, 2.75) is 137 Å². The minimum absolute atomic E-state index is 0.0160. The van der Waals surface area contributed by atoms with Crippen LogP contribution in [0.15, 0.2) is 0 Å².